The topological polar surface area (TPSA) is 39.2 Å². The van der Waals surface area contributed by atoms with Gasteiger partial charge in [-0.1, -0.05) is 0 Å². The van der Waals surface area contributed by atoms with E-state index < -0.39 is 0 Å². The van der Waals surface area contributed by atoms with Gasteiger partial charge in [0.1, 0.15) is 12.7 Å². The second kappa shape index (κ2) is 3.00. The van der Waals surface area contributed by atoms with Gasteiger partial charge in [0.05, 0.1) is 11.9 Å². The highest BCUT2D eigenvalue weighted by Gasteiger charge is 2.30. The molecule has 0 bridgehead atoms. The molecular weight excluding hydrogens is 238 g/mol. The third-order valence-electron chi connectivity index (χ3n) is 3.73. The summed E-state index contributed by atoms with van der Waals surface area (Å²) in [7, 11) is 0. The zero-order chi connectivity index (χ0) is 12.4. The Morgan fingerprint density at radius 1 is 1.16 bits per heavy atom. The molecule has 90 valence electrons. The molecule has 0 fully saturated rings. The van der Waals surface area contributed by atoms with Crippen LogP contribution in [0.15, 0.2) is 49.3 Å². The predicted molar refractivity (Wildman–Crippen MR) is 68.7 cm³/mol. The van der Waals surface area contributed by atoms with Crippen LogP contribution in [0.2, 0.25) is 0 Å². The Morgan fingerprint density at radius 3 is 3.11 bits per heavy atom. The first kappa shape index (κ1) is 9.27. The van der Waals surface area contributed by atoms with Crippen LogP contribution in [0.25, 0.3) is 22.6 Å². The van der Waals surface area contributed by atoms with Gasteiger partial charge in [-0.25, -0.2) is 13.8 Å². The molecule has 5 heterocycles. The van der Waals surface area contributed by atoms with Crippen molar-refractivity contribution >= 4 is 11.3 Å². The van der Waals surface area contributed by atoms with E-state index in [2.05, 4.69) is 41.9 Å². The number of fused-ring (bicyclic) bond motifs is 7. The van der Waals surface area contributed by atoms with Crippen molar-refractivity contribution in [3.8, 4) is 11.3 Å². The van der Waals surface area contributed by atoms with Gasteiger partial charge in [-0.3, -0.25) is 9.55 Å². The summed E-state index contributed by atoms with van der Waals surface area (Å²) in [6.45, 7) is 0.843. The molecule has 4 aromatic heterocycles. The summed E-state index contributed by atoms with van der Waals surface area (Å²) in [6, 6.07) is 6.08. The quantitative estimate of drug-likeness (QED) is 0.387. The van der Waals surface area contributed by atoms with Gasteiger partial charge in [-0.2, -0.15) is 0 Å². The number of nitrogens with zero attached hydrogens (tertiary/aromatic N) is 5. The first-order valence-electron chi connectivity index (χ1n) is 6.22. The van der Waals surface area contributed by atoms with Crippen LogP contribution >= 0.6 is 0 Å². The fourth-order valence-corrected chi connectivity index (χ4v) is 2.96. The highest BCUT2D eigenvalue weighted by atomic mass is 15.2. The number of imidazole rings is 2. The summed E-state index contributed by atoms with van der Waals surface area (Å²) in [5, 5.41) is 0. The molecule has 1 aliphatic rings. The van der Waals surface area contributed by atoms with Gasteiger partial charge < -0.3 is 0 Å². The lowest BCUT2D eigenvalue weighted by Crippen LogP contribution is -2.15. The Bertz CT molecular complexity index is 947. The van der Waals surface area contributed by atoms with Gasteiger partial charge in [0.25, 0.3) is 5.65 Å². The summed E-state index contributed by atoms with van der Waals surface area (Å²) in [5.74, 6) is 0. The monoisotopic (exact) mass is 248 g/mol. The molecule has 0 spiro atoms. The van der Waals surface area contributed by atoms with Crippen molar-refractivity contribution < 1.29 is 4.40 Å². The second-order valence-corrected chi connectivity index (χ2v) is 4.80. The van der Waals surface area contributed by atoms with Gasteiger partial charge in [0, 0.05) is 18.0 Å². The van der Waals surface area contributed by atoms with Crippen LogP contribution in [0, 0.1) is 0 Å². The van der Waals surface area contributed by atoms with E-state index in [-0.39, 0.29) is 0 Å². The van der Waals surface area contributed by atoms with Crippen LogP contribution in [0.5, 0.6) is 0 Å². The highest BCUT2D eigenvalue weighted by Crippen LogP contribution is 2.32. The van der Waals surface area contributed by atoms with Crippen molar-refractivity contribution in [2.75, 3.05) is 0 Å². The van der Waals surface area contributed by atoms with Crippen molar-refractivity contribution in [2.45, 2.75) is 6.54 Å². The summed E-state index contributed by atoms with van der Waals surface area (Å²) < 4.78 is 6.49. The van der Waals surface area contributed by atoms with Gasteiger partial charge in [0.2, 0.25) is 5.65 Å². The summed E-state index contributed by atoms with van der Waals surface area (Å²) in [6.07, 6.45) is 9.88. The Balaban J connectivity index is 2.00. The molecule has 0 unspecified atom stereocenters. The van der Waals surface area contributed by atoms with Crippen molar-refractivity contribution in [3.63, 3.8) is 0 Å². The lowest BCUT2D eigenvalue weighted by molar-refractivity contribution is -0.510. The molecule has 4 aromatic rings. The van der Waals surface area contributed by atoms with Crippen LogP contribution in [-0.2, 0) is 6.54 Å². The van der Waals surface area contributed by atoms with E-state index in [1.165, 1.54) is 11.3 Å². The largest absolute Gasteiger partial charge is 0.279 e. The molecule has 5 rings (SSSR count). The zero-order valence-electron chi connectivity index (χ0n) is 10.1. The Morgan fingerprint density at radius 2 is 2.11 bits per heavy atom. The van der Waals surface area contributed by atoms with Crippen molar-refractivity contribution in [2.24, 2.45) is 0 Å². The van der Waals surface area contributed by atoms with E-state index in [1.54, 1.807) is 0 Å². The number of hydrogen-bond donors (Lipinski definition) is 0. The summed E-state index contributed by atoms with van der Waals surface area (Å²) in [5.41, 5.74) is 5.68. The highest BCUT2D eigenvalue weighted by molar-refractivity contribution is 5.77. The third kappa shape index (κ3) is 1.03. The molecule has 0 saturated carbocycles. The first-order chi connectivity index (χ1) is 9.42. The molecule has 0 N–H and O–H groups in total. The minimum atomic E-state index is 0.843. The van der Waals surface area contributed by atoms with E-state index in [0.29, 0.717) is 0 Å². The predicted octanol–water partition coefficient (Wildman–Crippen LogP) is 1.30. The maximum Gasteiger partial charge on any atom is 0.279 e. The minimum absolute atomic E-state index is 0.843. The fourth-order valence-electron chi connectivity index (χ4n) is 2.96. The first-order valence-corrected chi connectivity index (χ1v) is 6.22. The van der Waals surface area contributed by atoms with Crippen LogP contribution in [-0.4, -0.2) is 18.9 Å². The zero-order valence-corrected chi connectivity index (χ0v) is 10.1. The maximum absolute atomic E-state index is 4.46. The fraction of sp³-hybridized carbons (Fsp3) is 0.0714. The maximum atomic E-state index is 4.46. The van der Waals surface area contributed by atoms with Crippen molar-refractivity contribution in [1.29, 1.82) is 0 Å². The average Bonchev–Trinajstić information content (AvgIpc) is 3.04. The van der Waals surface area contributed by atoms with E-state index in [1.807, 2.05) is 30.7 Å². The summed E-state index contributed by atoms with van der Waals surface area (Å²) >= 11 is 0. The van der Waals surface area contributed by atoms with Gasteiger partial charge in [-0.15, -0.1) is 0 Å². The van der Waals surface area contributed by atoms with E-state index >= 15 is 0 Å². The SMILES string of the molecule is c1cnc2c(c1)-c1c3n4cccnc4c[n+]3cn1C2. The van der Waals surface area contributed by atoms with E-state index in [0.717, 1.165) is 23.5 Å². The van der Waals surface area contributed by atoms with Crippen LogP contribution in [0.1, 0.15) is 5.69 Å². The smallest absolute Gasteiger partial charge is 0.257 e. The molecule has 5 nitrogen and oxygen atoms in total. The molecule has 0 saturated heterocycles. The number of aromatic nitrogens is 5. The Kier molecular flexibility index (Phi) is 1.46. The third-order valence-corrected chi connectivity index (χ3v) is 3.73. The van der Waals surface area contributed by atoms with Gasteiger partial charge in [-0.05, 0) is 18.2 Å². The molecular formula is C14H10N5+. The lowest BCUT2D eigenvalue weighted by Gasteiger charge is -1.93. The average molecular weight is 248 g/mol. The Labute approximate surface area is 108 Å². The number of rotatable bonds is 0. The van der Waals surface area contributed by atoms with Crippen LogP contribution < -0.4 is 4.40 Å². The number of pyridine rings is 1. The van der Waals surface area contributed by atoms with Crippen LogP contribution in [0.3, 0.4) is 0 Å². The second-order valence-electron chi connectivity index (χ2n) is 4.80. The Hall–Kier alpha value is -2.69. The van der Waals surface area contributed by atoms with Crippen molar-refractivity contribution in [1.82, 2.24) is 18.9 Å². The van der Waals surface area contributed by atoms with Gasteiger partial charge >= 0.3 is 0 Å². The molecule has 0 amide bonds. The molecule has 5 heteroatoms. The van der Waals surface area contributed by atoms with E-state index in [9.17, 15) is 0 Å². The minimum Gasteiger partial charge on any atom is -0.257 e. The van der Waals surface area contributed by atoms with Gasteiger partial charge in [0.15, 0.2) is 12.0 Å². The number of hydrogen-bond acceptors (Lipinski definition) is 2. The normalized spacial score (nSPS) is 13.1. The molecule has 19 heavy (non-hydrogen) atoms. The molecule has 0 atom stereocenters. The van der Waals surface area contributed by atoms with Crippen LogP contribution in [0.4, 0.5) is 0 Å². The molecule has 0 aromatic carbocycles. The van der Waals surface area contributed by atoms with E-state index in [4.69, 9.17) is 0 Å². The lowest BCUT2D eigenvalue weighted by atomic mass is 10.2. The van der Waals surface area contributed by atoms with Crippen molar-refractivity contribution in [3.05, 3.63) is 55.0 Å². The standard InChI is InChI=1S/C14H10N5/c1-3-10-11(15-4-1)7-17-9-18-8-12-16-5-2-6-19(12)14(18)13(10)17/h1-6,8-9H,7H2/q+1. The molecule has 0 aliphatic carbocycles. The molecule has 0 radical (unpaired) electrons. The molecule has 1 aliphatic heterocycles. The summed E-state index contributed by atoms with van der Waals surface area (Å²) in [4.78, 5) is 8.85.